The molecule has 0 aliphatic heterocycles. The molecule has 0 saturated carbocycles. The van der Waals surface area contributed by atoms with Gasteiger partial charge in [0.15, 0.2) is 0 Å². The van der Waals surface area contributed by atoms with Crippen molar-refractivity contribution in [3.63, 3.8) is 0 Å². The van der Waals surface area contributed by atoms with Gasteiger partial charge in [0.2, 0.25) is 0 Å². The van der Waals surface area contributed by atoms with Crippen molar-refractivity contribution >= 4 is 5.57 Å². The molecule has 0 heterocycles. The SMILES string of the molecule is C[C@]1(N)CC=C(c2ccccc2)[C@](C)(O)C1. The standard InChI is InChI=1S/C14H19NO/c1-13(15)9-8-12(14(2,16)10-13)11-6-4-3-5-7-11/h3-8,16H,9-10,15H2,1-2H3/t13-,14+/m0/s1. The van der Waals surface area contributed by atoms with E-state index in [2.05, 4.69) is 6.08 Å². The molecule has 1 aliphatic rings. The minimum Gasteiger partial charge on any atom is -0.385 e. The van der Waals surface area contributed by atoms with E-state index in [-0.39, 0.29) is 5.54 Å². The van der Waals surface area contributed by atoms with Gasteiger partial charge in [0, 0.05) is 5.54 Å². The molecular weight excluding hydrogens is 198 g/mol. The molecule has 1 aromatic rings. The average molecular weight is 217 g/mol. The van der Waals surface area contributed by atoms with Crippen molar-refractivity contribution in [2.45, 2.75) is 37.8 Å². The zero-order chi connectivity index (χ0) is 11.8. The highest BCUT2D eigenvalue weighted by Crippen LogP contribution is 2.38. The number of rotatable bonds is 1. The number of benzene rings is 1. The van der Waals surface area contributed by atoms with E-state index in [1.54, 1.807) is 0 Å². The maximum atomic E-state index is 10.5. The summed E-state index contributed by atoms with van der Waals surface area (Å²) in [5, 5.41) is 10.5. The third-order valence-corrected chi connectivity index (χ3v) is 3.19. The van der Waals surface area contributed by atoms with E-state index in [9.17, 15) is 5.11 Å². The summed E-state index contributed by atoms with van der Waals surface area (Å²) in [6.07, 6.45) is 3.48. The van der Waals surface area contributed by atoms with Crippen LogP contribution in [0.4, 0.5) is 0 Å². The van der Waals surface area contributed by atoms with Crippen LogP contribution >= 0.6 is 0 Å². The number of nitrogens with two attached hydrogens (primary N) is 1. The van der Waals surface area contributed by atoms with Crippen molar-refractivity contribution in [2.24, 2.45) is 5.73 Å². The molecule has 0 unspecified atom stereocenters. The van der Waals surface area contributed by atoms with Crippen LogP contribution < -0.4 is 5.73 Å². The molecule has 0 amide bonds. The van der Waals surface area contributed by atoms with Crippen molar-refractivity contribution in [1.29, 1.82) is 0 Å². The number of hydrogen-bond donors (Lipinski definition) is 2. The van der Waals surface area contributed by atoms with E-state index >= 15 is 0 Å². The van der Waals surface area contributed by atoms with Crippen LogP contribution in [0.1, 0.15) is 32.3 Å². The van der Waals surface area contributed by atoms with Gasteiger partial charge in [-0.3, -0.25) is 0 Å². The van der Waals surface area contributed by atoms with Gasteiger partial charge in [-0.15, -0.1) is 0 Å². The topological polar surface area (TPSA) is 46.2 Å². The molecule has 0 aromatic heterocycles. The molecule has 0 spiro atoms. The van der Waals surface area contributed by atoms with Crippen molar-refractivity contribution in [2.75, 3.05) is 0 Å². The second kappa shape index (κ2) is 3.72. The molecule has 16 heavy (non-hydrogen) atoms. The molecule has 2 rings (SSSR count). The first kappa shape index (κ1) is 11.4. The lowest BCUT2D eigenvalue weighted by molar-refractivity contribution is 0.0809. The molecule has 3 N–H and O–H groups in total. The summed E-state index contributed by atoms with van der Waals surface area (Å²) in [7, 11) is 0. The first-order valence-corrected chi connectivity index (χ1v) is 5.68. The summed E-state index contributed by atoms with van der Waals surface area (Å²) in [6.45, 7) is 3.83. The third-order valence-electron chi connectivity index (χ3n) is 3.19. The Labute approximate surface area is 96.8 Å². The van der Waals surface area contributed by atoms with Crippen molar-refractivity contribution in [3.05, 3.63) is 42.0 Å². The summed E-state index contributed by atoms with van der Waals surface area (Å²) >= 11 is 0. The monoisotopic (exact) mass is 217 g/mol. The van der Waals surface area contributed by atoms with Crippen LogP contribution in [0, 0.1) is 0 Å². The van der Waals surface area contributed by atoms with Crippen LogP contribution in [-0.4, -0.2) is 16.2 Å². The molecule has 2 nitrogen and oxygen atoms in total. The van der Waals surface area contributed by atoms with Gasteiger partial charge in [0.05, 0.1) is 5.60 Å². The summed E-state index contributed by atoms with van der Waals surface area (Å²) < 4.78 is 0. The zero-order valence-electron chi connectivity index (χ0n) is 9.90. The highest BCUT2D eigenvalue weighted by atomic mass is 16.3. The Morgan fingerprint density at radius 2 is 1.81 bits per heavy atom. The molecule has 2 atom stereocenters. The quantitative estimate of drug-likeness (QED) is 0.758. The Hall–Kier alpha value is -1.12. The highest BCUT2D eigenvalue weighted by Gasteiger charge is 2.37. The smallest absolute Gasteiger partial charge is 0.0888 e. The third kappa shape index (κ3) is 2.18. The maximum absolute atomic E-state index is 10.5. The molecule has 0 saturated heterocycles. The minimum atomic E-state index is -0.830. The predicted octanol–water partition coefficient (Wildman–Crippen LogP) is 2.33. The van der Waals surface area contributed by atoms with Crippen LogP contribution in [0.25, 0.3) is 5.57 Å². The Balaban J connectivity index is 2.39. The normalized spacial score (nSPS) is 34.6. The summed E-state index contributed by atoms with van der Waals surface area (Å²) in [6, 6.07) is 10.0. The highest BCUT2D eigenvalue weighted by molar-refractivity contribution is 5.72. The summed E-state index contributed by atoms with van der Waals surface area (Å²) in [4.78, 5) is 0. The van der Waals surface area contributed by atoms with Gasteiger partial charge < -0.3 is 10.8 Å². The largest absolute Gasteiger partial charge is 0.385 e. The fourth-order valence-electron chi connectivity index (χ4n) is 2.56. The van der Waals surface area contributed by atoms with Gasteiger partial charge >= 0.3 is 0 Å². The van der Waals surface area contributed by atoms with E-state index in [1.165, 1.54) is 0 Å². The molecule has 2 heteroatoms. The summed E-state index contributed by atoms with van der Waals surface area (Å²) in [5.41, 5.74) is 7.04. The maximum Gasteiger partial charge on any atom is 0.0888 e. The van der Waals surface area contributed by atoms with E-state index in [0.29, 0.717) is 6.42 Å². The predicted molar refractivity (Wildman–Crippen MR) is 66.9 cm³/mol. The fourth-order valence-corrected chi connectivity index (χ4v) is 2.56. The van der Waals surface area contributed by atoms with Crippen LogP contribution in [-0.2, 0) is 0 Å². The average Bonchev–Trinajstić information content (AvgIpc) is 2.16. The lowest BCUT2D eigenvalue weighted by Gasteiger charge is -2.39. The van der Waals surface area contributed by atoms with Crippen LogP contribution in [0.3, 0.4) is 0 Å². The van der Waals surface area contributed by atoms with Gasteiger partial charge in [-0.05, 0) is 37.8 Å². The molecule has 0 fully saturated rings. The Morgan fingerprint density at radius 3 is 2.38 bits per heavy atom. The first-order chi connectivity index (χ1) is 7.41. The zero-order valence-corrected chi connectivity index (χ0v) is 9.90. The van der Waals surface area contributed by atoms with Crippen molar-refractivity contribution in [3.8, 4) is 0 Å². The van der Waals surface area contributed by atoms with Crippen LogP contribution in [0.15, 0.2) is 36.4 Å². The molecular formula is C14H19NO. The van der Waals surface area contributed by atoms with Gasteiger partial charge in [-0.1, -0.05) is 36.4 Å². The van der Waals surface area contributed by atoms with Gasteiger partial charge in [0.1, 0.15) is 0 Å². The van der Waals surface area contributed by atoms with Gasteiger partial charge in [-0.25, -0.2) is 0 Å². The van der Waals surface area contributed by atoms with Gasteiger partial charge in [0.25, 0.3) is 0 Å². The lowest BCUT2D eigenvalue weighted by Crippen LogP contribution is -2.47. The van der Waals surface area contributed by atoms with E-state index < -0.39 is 5.60 Å². The second-order valence-corrected chi connectivity index (χ2v) is 5.29. The van der Waals surface area contributed by atoms with Crippen LogP contribution in [0.2, 0.25) is 0 Å². The summed E-state index contributed by atoms with van der Waals surface area (Å²) in [5.74, 6) is 0. The van der Waals surface area contributed by atoms with E-state index in [0.717, 1.165) is 17.6 Å². The number of hydrogen-bond acceptors (Lipinski definition) is 2. The first-order valence-electron chi connectivity index (χ1n) is 5.68. The molecule has 1 aromatic carbocycles. The van der Waals surface area contributed by atoms with Crippen molar-refractivity contribution in [1.82, 2.24) is 0 Å². The molecule has 0 radical (unpaired) electrons. The Bertz CT molecular complexity index is 404. The van der Waals surface area contributed by atoms with Crippen molar-refractivity contribution < 1.29 is 5.11 Å². The van der Waals surface area contributed by atoms with E-state index in [1.807, 2.05) is 44.2 Å². The molecule has 1 aliphatic carbocycles. The van der Waals surface area contributed by atoms with E-state index in [4.69, 9.17) is 5.73 Å². The Kier molecular flexibility index (Phi) is 2.64. The minimum absolute atomic E-state index is 0.304. The fraction of sp³-hybridized carbons (Fsp3) is 0.429. The second-order valence-electron chi connectivity index (χ2n) is 5.29. The molecule has 86 valence electrons. The Morgan fingerprint density at radius 1 is 1.19 bits per heavy atom. The molecule has 0 bridgehead atoms. The van der Waals surface area contributed by atoms with Gasteiger partial charge in [-0.2, -0.15) is 0 Å². The lowest BCUT2D eigenvalue weighted by atomic mass is 9.73. The number of aliphatic hydroxyl groups is 1. The van der Waals surface area contributed by atoms with Crippen LogP contribution in [0.5, 0.6) is 0 Å².